The SMILES string of the molecule is CN(C)Cc1ccnc2c1C(=O)c1ccccc1C2=O. The van der Waals surface area contributed by atoms with E-state index in [0.29, 0.717) is 23.2 Å². The zero-order valence-electron chi connectivity index (χ0n) is 11.4. The molecule has 0 saturated heterocycles. The Bertz CT molecular complexity index is 720. The monoisotopic (exact) mass is 266 g/mol. The fourth-order valence-corrected chi connectivity index (χ4v) is 2.54. The minimum absolute atomic E-state index is 0.111. The van der Waals surface area contributed by atoms with Gasteiger partial charge in [0, 0.05) is 23.9 Å². The van der Waals surface area contributed by atoms with Crippen molar-refractivity contribution < 1.29 is 9.59 Å². The first-order chi connectivity index (χ1) is 9.59. The summed E-state index contributed by atoms with van der Waals surface area (Å²) < 4.78 is 0. The van der Waals surface area contributed by atoms with Crippen molar-refractivity contribution in [3.8, 4) is 0 Å². The van der Waals surface area contributed by atoms with Crippen molar-refractivity contribution in [1.82, 2.24) is 9.88 Å². The molecular weight excluding hydrogens is 252 g/mol. The molecule has 0 atom stereocenters. The van der Waals surface area contributed by atoms with E-state index in [9.17, 15) is 9.59 Å². The minimum atomic E-state index is -0.171. The largest absolute Gasteiger partial charge is 0.305 e. The second-order valence-corrected chi connectivity index (χ2v) is 5.14. The number of carbonyl (C=O) groups is 2. The van der Waals surface area contributed by atoms with Crippen molar-refractivity contribution >= 4 is 11.6 Å². The maximum Gasteiger partial charge on any atom is 0.212 e. The van der Waals surface area contributed by atoms with Gasteiger partial charge in [-0.3, -0.25) is 14.6 Å². The number of pyridine rings is 1. The zero-order chi connectivity index (χ0) is 14.3. The van der Waals surface area contributed by atoms with Crippen molar-refractivity contribution in [3.63, 3.8) is 0 Å². The van der Waals surface area contributed by atoms with Crippen LogP contribution in [-0.2, 0) is 6.54 Å². The lowest BCUT2D eigenvalue weighted by atomic mass is 9.85. The van der Waals surface area contributed by atoms with Crippen LogP contribution < -0.4 is 0 Å². The fourth-order valence-electron chi connectivity index (χ4n) is 2.54. The molecule has 4 nitrogen and oxygen atoms in total. The number of hydrogen-bond donors (Lipinski definition) is 0. The molecule has 1 aliphatic rings. The summed E-state index contributed by atoms with van der Waals surface area (Å²) >= 11 is 0. The van der Waals surface area contributed by atoms with E-state index in [2.05, 4.69) is 4.98 Å². The first-order valence-electron chi connectivity index (χ1n) is 6.40. The number of carbonyl (C=O) groups excluding carboxylic acids is 2. The molecule has 1 aromatic heterocycles. The van der Waals surface area contributed by atoms with Gasteiger partial charge in [0.1, 0.15) is 5.69 Å². The van der Waals surface area contributed by atoms with Gasteiger partial charge >= 0.3 is 0 Å². The van der Waals surface area contributed by atoms with E-state index >= 15 is 0 Å². The van der Waals surface area contributed by atoms with Gasteiger partial charge in [0.2, 0.25) is 5.78 Å². The maximum absolute atomic E-state index is 12.6. The predicted molar refractivity (Wildman–Crippen MR) is 74.9 cm³/mol. The summed E-state index contributed by atoms with van der Waals surface area (Å²) in [7, 11) is 3.85. The molecule has 1 aromatic carbocycles. The molecule has 4 heteroatoms. The first-order valence-corrected chi connectivity index (χ1v) is 6.40. The average Bonchev–Trinajstić information content (AvgIpc) is 2.44. The zero-order valence-corrected chi connectivity index (χ0v) is 11.4. The van der Waals surface area contributed by atoms with Gasteiger partial charge in [0.15, 0.2) is 5.78 Å². The number of aromatic nitrogens is 1. The van der Waals surface area contributed by atoms with Gasteiger partial charge in [0.05, 0.1) is 5.56 Å². The van der Waals surface area contributed by atoms with E-state index in [1.807, 2.05) is 19.0 Å². The number of benzene rings is 1. The Labute approximate surface area is 117 Å². The third-order valence-electron chi connectivity index (χ3n) is 3.38. The molecule has 1 heterocycles. The molecule has 0 aliphatic heterocycles. The van der Waals surface area contributed by atoms with Gasteiger partial charge in [-0.1, -0.05) is 24.3 Å². The molecule has 1 aliphatic carbocycles. The topological polar surface area (TPSA) is 50.3 Å². The third-order valence-corrected chi connectivity index (χ3v) is 3.38. The highest BCUT2D eigenvalue weighted by atomic mass is 16.1. The maximum atomic E-state index is 12.6. The number of rotatable bonds is 2. The van der Waals surface area contributed by atoms with E-state index in [-0.39, 0.29) is 17.3 Å². The van der Waals surface area contributed by atoms with Crippen LogP contribution in [0.5, 0.6) is 0 Å². The third kappa shape index (κ3) is 1.85. The van der Waals surface area contributed by atoms with Gasteiger partial charge in [-0.25, -0.2) is 0 Å². The normalized spacial score (nSPS) is 13.3. The van der Waals surface area contributed by atoms with E-state index in [1.54, 1.807) is 36.5 Å². The lowest BCUT2D eigenvalue weighted by Gasteiger charge is -2.20. The van der Waals surface area contributed by atoms with Gasteiger partial charge in [-0.05, 0) is 25.7 Å². The molecule has 0 N–H and O–H groups in total. The molecule has 0 fully saturated rings. The summed E-state index contributed by atoms with van der Waals surface area (Å²) in [6.07, 6.45) is 1.59. The second-order valence-electron chi connectivity index (χ2n) is 5.14. The number of fused-ring (bicyclic) bond motifs is 2. The quantitative estimate of drug-likeness (QED) is 0.711. The molecule has 0 spiro atoms. The van der Waals surface area contributed by atoms with Crippen LogP contribution in [0.25, 0.3) is 0 Å². The number of nitrogens with zero attached hydrogens (tertiary/aromatic N) is 2. The molecule has 0 radical (unpaired) electrons. The van der Waals surface area contributed by atoms with Gasteiger partial charge in [-0.15, -0.1) is 0 Å². The fraction of sp³-hybridized carbons (Fsp3) is 0.188. The van der Waals surface area contributed by atoms with Crippen LogP contribution in [0.15, 0.2) is 36.5 Å². The molecule has 2 aromatic rings. The summed E-state index contributed by atoms with van der Waals surface area (Å²) in [5.74, 6) is -0.282. The van der Waals surface area contributed by atoms with E-state index in [1.165, 1.54) is 0 Å². The van der Waals surface area contributed by atoms with Crippen molar-refractivity contribution in [3.05, 3.63) is 64.5 Å². The number of ketones is 2. The van der Waals surface area contributed by atoms with Crippen molar-refractivity contribution in [1.29, 1.82) is 0 Å². The van der Waals surface area contributed by atoms with Gasteiger partial charge < -0.3 is 4.90 Å². The van der Waals surface area contributed by atoms with Crippen molar-refractivity contribution in [2.75, 3.05) is 14.1 Å². The molecular formula is C16H14N2O2. The molecule has 0 bridgehead atoms. The highest BCUT2D eigenvalue weighted by Crippen LogP contribution is 2.28. The Hall–Kier alpha value is -2.33. The summed E-state index contributed by atoms with van der Waals surface area (Å²) in [4.78, 5) is 31.2. The molecule has 100 valence electrons. The van der Waals surface area contributed by atoms with Crippen LogP contribution in [0.2, 0.25) is 0 Å². The van der Waals surface area contributed by atoms with Gasteiger partial charge in [0.25, 0.3) is 0 Å². The molecule has 0 saturated carbocycles. The summed E-state index contributed by atoms with van der Waals surface area (Å²) in [5, 5.41) is 0. The Balaban J connectivity index is 2.23. The van der Waals surface area contributed by atoms with E-state index in [0.717, 1.165) is 5.56 Å². The molecule has 3 rings (SSSR count). The Morgan fingerprint density at radius 3 is 2.30 bits per heavy atom. The van der Waals surface area contributed by atoms with E-state index in [4.69, 9.17) is 0 Å². The predicted octanol–water partition coefficient (Wildman–Crippen LogP) is 1.92. The summed E-state index contributed by atoms with van der Waals surface area (Å²) in [5.41, 5.74) is 2.48. The molecule has 20 heavy (non-hydrogen) atoms. The van der Waals surface area contributed by atoms with Crippen molar-refractivity contribution in [2.45, 2.75) is 6.54 Å². The molecule has 0 amide bonds. The van der Waals surface area contributed by atoms with Crippen molar-refractivity contribution in [2.24, 2.45) is 0 Å². The second kappa shape index (κ2) is 4.65. The smallest absolute Gasteiger partial charge is 0.212 e. The minimum Gasteiger partial charge on any atom is -0.305 e. The Kier molecular flexibility index (Phi) is 2.95. The lowest BCUT2D eigenvalue weighted by molar-refractivity contribution is 0.0974. The van der Waals surface area contributed by atoms with Crippen LogP contribution >= 0.6 is 0 Å². The average molecular weight is 266 g/mol. The Morgan fingerprint density at radius 1 is 1.00 bits per heavy atom. The van der Waals surface area contributed by atoms with Crippen LogP contribution in [0.4, 0.5) is 0 Å². The molecule has 0 unspecified atom stereocenters. The highest BCUT2D eigenvalue weighted by Gasteiger charge is 2.32. The highest BCUT2D eigenvalue weighted by molar-refractivity contribution is 6.28. The van der Waals surface area contributed by atoms with Crippen LogP contribution in [0, 0.1) is 0 Å². The van der Waals surface area contributed by atoms with Crippen LogP contribution in [0.1, 0.15) is 37.5 Å². The number of hydrogen-bond acceptors (Lipinski definition) is 4. The van der Waals surface area contributed by atoms with E-state index < -0.39 is 0 Å². The first kappa shape index (κ1) is 12.7. The van der Waals surface area contributed by atoms with Gasteiger partial charge in [-0.2, -0.15) is 0 Å². The standard InChI is InChI=1S/C16H14N2O2/c1-18(2)9-10-7-8-17-14-13(10)15(19)11-5-3-4-6-12(11)16(14)20/h3-8H,9H2,1-2H3. The lowest BCUT2D eigenvalue weighted by Crippen LogP contribution is -2.25. The summed E-state index contributed by atoms with van der Waals surface area (Å²) in [6, 6.07) is 8.72. The summed E-state index contributed by atoms with van der Waals surface area (Å²) in [6.45, 7) is 0.603. The van der Waals surface area contributed by atoms with Crippen LogP contribution in [0.3, 0.4) is 0 Å². The van der Waals surface area contributed by atoms with Crippen LogP contribution in [-0.4, -0.2) is 35.5 Å². The Morgan fingerprint density at radius 2 is 1.65 bits per heavy atom.